The Kier molecular flexibility index (Phi) is 5.54. The standard InChI is InChI=1S/C11H14ClN3O3/c1-8(2)7-18-4-3-13-11-10(15(16)17)5-9(12)6-14-11/h5-6H,1,3-4,7H2,2H3,(H,13,14). The quantitative estimate of drug-likeness (QED) is 0.357. The number of hydrogen-bond acceptors (Lipinski definition) is 5. The number of halogens is 1. The van der Waals surface area contributed by atoms with Gasteiger partial charge in [0, 0.05) is 18.8 Å². The highest BCUT2D eigenvalue weighted by molar-refractivity contribution is 6.30. The van der Waals surface area contributed by atoms with Gasteiger partial charge in [-0.15, -0.1) is 0 Å². The molecule has 0 spiro atoms. The van der Waals surface area contributed by atoms with Crippen molar-refractivity contribution in [3.05, 3.63) is 39.6 Å². The van der Waals surface area contributed by atoms with E-state index in [4.69, 9.17) is 16.3 Å². The molecule has 0 saturated carbocycles. The van der Waals surface area contributed by atoms with Gasteiger partial charge in [0.25, 0.3) is 0 Å². The number of ether oxygens (including phenoxy) is 1. The first-order valence-electron chi connectivity index (χ1n) is 5.26. The molecule has 0 bridgehead atoms. The summed E-state index contributed by atoms with van der Waals surface area (Å²) in [5.41, 5.74) is 0.771. The minimum absolute atomic E-state index is 0.151. The van der Waals surface area contributed by atoms with Crippen molar-refractivity contribution < 1.29 is 9.66 Å². The van der Waals surface area contributed by atoms with Crippen molar-refractivity contribution in [1.82, 2.24) is 4.98 Å². The summed E-state index contributed by atoms with van der Waals surface area (Å²) in [6.07, 6.45) is 1.35. The van der Waals surface area contributed by atoms with E-state index in [0.717, 1.165) is 5.57 Å². The Morgan fingerprint density at radius 3 is 3.06 bits per heavy atom. The molecule has 18 heavy (non-hydrogen) atoms. The van der Waals surface area contributed by atoms with Gasteiger partial charge in [-0.25, -0.2) is 4.98 Å². The lowest BCUT2D eigenvalue weighted by atomic mass is 10.4. The molecule has 98 valence electrons. The van der Waals surface area contributed by atoms with E-state index >= 15 is 0 Å². The first kappa shape index (κ1) is 14.4. The predicted octanol–water partition coefficient (Wildman–Crippen LogP) is 2.65. The predicted molar refractivity (Wildman–Crippen MR) is 70.0 cm³/mol. The van der Waals surface area contributed by atoms with Crippen molar-refractivity contribution in [3.63, 3.8) is 0 Å². The monoisotopic (exact) mass is 271 g/mol. The van der Waals surface area contributed by atoms with Crippen LogP contribution in [0.25, 0.3) is 0 Å². The lowest BCUT2D eigenvalue weighted by Crippen LogP contribution is -2.12. The average Bonchev–Trinajstić information content (AvgIpc) is 2.29. The highest BCUT2D eigenvalue weighted by atomic mass is 35.5. The third-order valence-corrected chi connectivity index (χ3v) is 2.12. The zero-order valence-electron chi connectivity index (χ0n) is 9.98. The van der Waals surface area contributed by atoms with Gasteiger partial charge < -0.3 is 10.1 Å². The topological polar surface area (TPSA) is 77.3 Å². The summed E-state index contributed by atoms with van der Waals surface area (Å²) in [5, 5.41) is 13.8. The van der Waals surface area contributed by atoms with Gasteiger partial charge in [-0.1, -0.05) is 23.8 Å². The Balaban J connectivity index is 2.51. The summed E-state index contributed by atoms with van der Waals surface area (Å²) in [6.45, 7) is 6.86. The van der Waals surface area contributed by atoms with E-state index < -0.39 is 4.92 Å². The van der Waals surface area contributed by atoms with Crippen LogP contribution in [0.5, 0.6) is 0 Å². The molecule has 0 saturated heterocycles. The lowest BCUT2D eigenvalue weighted by molar-refractivity contribution is -0.384. The second-order valence-electron chi connectivity index (χ2n) is 3.71. The molecule has 1 aromatic rings. The number of rotatable bonds is 7. The van der Waals surface area contributed by atoms with E-state index in [1.54, 1.807) is 0 Å². The van der Waals surface area contributed by atoms with Crippen LogP contribution >= 0.6 is 11.6 Å². The molecule has 0 amide bonds. The number of pyridine rings is 1. The fraction of sp³-hybridized carbons (Fsp3) is 0.364. The lowest BCUT2D eigenvalue weighted by Gasteiger charge is -2.07. The summed E-state index contributed by atoms with van der Waals surface area (Å²) in [7, 11) is 0. The molecule has 0 radical (unpaired) electrons. The summed E-state index contributed by atoms with van der Waals surface area (Å²) < 4.78 is 5.26. The van der Waals surface area contributed by atoms with Gasteiger partial charge in [0.05, 0.1) is 23.2 Å². The molecule has 1 aromatic heterocycles. The van der Waals surface area contributed by atoms with E-state index in [9.17, 15) is 10.1 Å². The zero-order valence-corrected chi connectivity index (χ0v) is 10.7. The van der Waals surface area contributed by atoms with Crippen molar-refractivity contribution in [2.75, 3.05) is 25.1 Å². The van der Waals surface area contributed by atoms with Gasteiger partial charge in [0.15, 0.2) is 0 Å². The molecular formula is C11H14ClN3O3. The molecule has 7 heteroatoms. The van der Waals surface area contributed by atoms with E-state index in [1.807, 2.05) is 6.92 Å². The van der Waals surface area contributed by atoms with Crippen LogP contribution in [0.4, 0.5) is 11.5 Å². The van der Waals surface area contributed by atoms with Gasteiger partial charge in [0.2, 0.25) is 5.82 Å². The molecule has 1 N–H and O–H groups in total. The molecule has 0 unspecified atom stereocenters. The van der Waals surface area contributed by atoms with Gasteiger partial charge in [-0.2, -0.15) is 0 Å². The fourth-order valence-corrected chi connectivity index (χ4v) is 1.34. The minimum Gasteiger partial charge on any atom is -0.375 e. The van der Waals surface area contributed by atoms with Crippen LogP contribution in [0, 0.1) is 10.1 Å². The van der Waals surface area contributed by atoms with Gasteiger partial charge in [0.1, 0.15) is 0 Å². The number of anilines is 1. The molecule has 0 aliphatic carbocycles. The third-order valence-electron chi connectivity index (χ3n) is 1.92. The van der Waals surface area contributed by atoms with Crippen LogP contribution in [0.2, 0.25) is 5.02 Å². The Labute approximate surface area is 110 Å². The summed E-state index contributed by atoms with van der Waals surface area (Å²) in [5.74, 6) is 0.184. The molecule has 0 atom stereocenters. The highest BCUT2D eigenvalue weighted by Crippen LogP contribution is 2.24. The Morgan fingerprint density at radius 1 is 1.72 bits per heavy atom. The second kappa shape index (κ2) is 6.93. The number of nitrogens with one attached hydrogen (secondary N) is 1. The Morgan fingerprint density at radius 2 is 2.44 bits per heavy atom. The van der Waals surface area contributed by atoms with Gasteiger partial charge in [-0.3, -0.25) is 10.1 Å². The summed E-state index contributed by atoms with van der Waals surface area (Å²) in [4.78, 5) is 14.1. The first-order chi connectivity index (χ1) is 8.50. The summed E-state index contributed by atoms with van der Waals surface area (Å²) >= 11 is 5.65. The van der Waals surface area contributed by atoms with Crippen LogP contribution in [-0.4, -0.2) is 29.7 Å². The molecule has 1 heterocycles. The zero-order chi connectivity index (χ0) is 13.5. The van der Waals surface area contributed by atoms with Crippen LogP contribution in [0.15, 0.2) is 24.4 Å². The largest absolute Gasteiger partial charge is 0.375 e. The molecule has 0 aromatic carbocycles. The molecule has 1 rings (SSSR count). The molecule has 6 nitrogen and oxygen atoms in total. The molecule has 0 aliphatic heterocycles. The normalized spacial score (nSPS) is 10.1. The smallest absolute Gasteiger partial charge is 0.312 e. The van der Waals surface area contributed by atoms with Crippen molar-refractivity contribution >= 4 is 23.1 Å². The van der Waals surface area contributed by atoms with Gasteiger partial charge in [-0.05, 0) is 6.92 Å². The number of nitro groups is 1. The maximum absolute atomic E-state index is 10.8. The van der Waals surface area contributed by atoms with Gasteiger partial charge >= 0.3 is 5.69 Å². The van der Waals surface area contributed by atoms with Crippen molar-refractivity contribution in [2.24, 2.45) is 0 Å². The average molecular weight is 272 g/mol. The first-order valence-corrected chi connectivity index (χ1v) is 5.64. The number of aromatic nitrogens is 1. The SMILES string of the molecule is C=C(C)COCCNc1ncc(Cl)cc1[N+](=O)[O-]. The minimum atomic E-state index is -0.532. The van der Waals surface area contributed by atoms with Crippen molar-refractivity contribution in [2.45, 2.75) is 6.92 Å². The van der Waals surface area contributed by atoms with E-state index in [1.165, 1.54) is 12.3 Å². The van der Waals surface area contributed by atoms with E-state index in [2.05, 4.69) is 16.9 Å². The van der Waals surface area contributed by atoms with Crippen LogP contribution in [0.1, 0.15) is 6.92 Å². The van der Waals surface area contributed by atoms with Crippen molar-refractivity contribution in [1.29, 1.82) is 0 Å². The highest BCUT2D eigenvalue weighted by Gasteiger charge is 2.15. The van der Waals surface area contributed by atoms with Crippen LogP contribution in [0.3, 0.4) is 0 Å². The van der Waals surface area contributed by atoms with Crippen molar-refractivity contribution in [3.8, 4) is 0 Å². The van der Waals surface area contributed by atoms with Crippen LogP contribution < -0.4 is 5.32 Å². The third kappa shape index (κ3) is 4.68. The Bertz CT molecular complexity index is 451. The fourth-order valence-electron chi connectivity index (χ4n) is 1.19. The molecule has 0 aliphatic rings. The molecular weight excluding hydrogens is 258 g/mol. The Hall–Kier alpha value is -1.66. The van der Waals surface area contributed by atoms with E-state index in [0.29, 0.717) is 19.8 Å². The van der Waals surface area contributed by atoms with E-state index in [-0.39, 0.29) is 16.5 Å². The maximum atomic E-state index is 10.8. The maximum Gasteiger partial charge on any atom is 0.312 e. The number of hydrogen-bond donors (Lipinski definition) is 1. The second-order valence-corrected chi connectivity index (χ2v) is 4.15. The molecule has 0 fully saturated rings. The van der Waals surface area contributed by atoms with Crippen LogP contribution in [-0.2, 0) is 4.74 Å². The summed E-state index contributed by atoms with van der Waals surface area (Å²) in [6, 6.07) is 1.26. The number of nitrogens with zero attached hydrogens (tertiary/aromatic N) is 2.